The number of hydrogen-bond acceptors (Lipinski definition) is 2. The number of aromatic nitrogens is 3. The van der Waals surface area contributed by atoms with Crippen molar-refractivity contribution in [3.8, 4) is 0 Å². The normalized spacial score (nSPS) is 13.5. The number of aryl methyl sites for hydroxylation is 1. The van der Waals surface area contributed by atoms with Gasteiger partial charge in [-0.2, -0.15) is 0 Å². The second kappa shape index (κ2) is 9.93. The first-order valence-electron chi connectivity index (χ1n) is 14.2. The predicted molar refractivity (Wildman–Crippen MR) is 163 cm³/mol. The molecular weight excluding hydrogens is 504 g/mol. The quantitative estimate of drug-likeness (QED) is 0.209. The van der Waals surface area contributed by atoms with Crippen molar-refractivity contribution in [1.82, 2.24) is 19.0 Å². The van der Waals surface area contributed by atoms with Gasteiger partial charge < -0.3 is 9.47 Å². The van der Waals surface area contributed by atoms with Crippen LogP contribution in [0.5, 0.6) is 0 Å². The minimum absolute atomic E-state index is 0.0185. The number of imidazole rings is 1. The Balaban J connectivity index is 1.35. The molecule has 5 heteroatoms. The van der Waals surface area contributed by atoms with E-state index in [-0.39, 0.29) is 6.03 Å². The van der Waals surface area contributed by atoms with E-state index >= 15 is 0 Å². The van der Waals surface area contributed by atoms with Gasteiger partial charge in [0.2, 0.25) is 0 Å². The van der Waals surface area contributed by atoms with E-state index in [1.807, 2.05) is 34.0 Å². The zero-order chi connectivity index (χ0) is 28.0. The number of carbonyl (C=O) groups is 1. The molecule has 1 aliphatic heterocycles. The Morgan fingerprint density at radius 1 is 0.732 bits per heavy atom. The predicted octanol–water partition coefficient (Wildman–Crippen LogP) is 7.32. The molecule has 2 aromatic heterocycles. The number of hydrogen-bond donors (Lipinski definition) is 0. The summed E-state index contributed by atoms with van der Waals surface area (Å²) in [6, 6.07) is 40.1. The van der Waals surface area contributed by atoms with Crippen molar-refractivity contribution >= 4 is 16.9 Å². The van der Waals surface area contributed by atoms with E-state index in [0.717, 1.165) is 51.1 Å². The molecule has 0 saturated carbocycles. The summed E-state index contributed by atoms with van der Waals surface area (Å²) < 4.78 is 4.19. The number of carbonyl (C=O) groups excluding carboxylic acids is 1. The van der Waals surface area contributed by atoms with Crippen molar-refractivity contribution in [2.24, 2.45) is 0 Å². The Kier molecular flexibility index (Phi) is 6.08. The average molecular weight is 537 g/mol. The van der Waals surface area contributed by atoms with Gasteiger partial charge in [0.05, 0.1) is 24.1 Å². The van der Waals surface area contributed by atoms with E-state index in [0.29, 0.717) is 13.1 Å². The number of benzene rings is 4. The fourth-order valence-electron chi connectivity index (χ4n) is 6.67. The molecule has 1 amide bonds. The van der Waals surface area contributed by atoms with Gasteiger partial charge >= 0.3 is 6.03 Å². The van der Waals surface area contributed by atoms with Crippen LogP contribution in [0.25, 0.3) is 10.9 Å². The topological polar surface area (TPSA) is 43.1 Å². The van der Waals surface area contributed by atoms with Crippen molar-refractivity contribution in [2.45, 2.75) is 32.4 Å². The molecular formula is C36H32N4O. The van der Waals surface area contributed by atoms with Crippen LogP contribution in [0.15, 0.2) is 122 Å². The van der Waals surface area contributed by atoms with Crippen LogP contribution >= 0.6 is 0 Å². The van der Waals surface area contributed by atoms with Crippen molar-refractivity contribution in [1.29, 1.82) is 0 Å². The Hall–Kier alpha value is -4.90. The molecule has 3 heterocycles. The standard InChI is InChI=1S/C36H32N4O/c1-26-31-20-12-13-21-34(31)40-33(26)22-23-38(35(40)41)24-32-27(2)39(25-37-32)36(28-14-6-3-7-15-28,29-16-8-4-9-17-29)30-18-10-5-11-19-30/h3-21,25H,22-24H2,1-2H3. The molecule has 0 spiro atoms. The van der Waals surface area contributed by atoms with E-state index in [4.69, 9.17) is 4.98 Å². The summed E-state index contributed by atoms with van der Waals surface area (Å²) in [7, 11) is 0. The highest BCUT2D eigenvalue weighted by atomic mass is 16.2. The largest absolute Gasteiger partial charge is 0.329 e. The molecule has 5 nitrogen and oxygen atoms in total. The average Bonchev–Trinajstić information content (AvgIpc) is 3.54. The molecule has 0 bridgehead atoms. The highest BCUT2D eigenvalue weighted by molar-refractivity contribution is 5.96. The molecule has 41 heavy (non-hydrogen) atoms. The zero-order valence-electron chi connectivity index (χ0n) is 23.4. The Morgan fingerprint density at radius 3 is 1.85 bits per heavy atom. The molecule has 0 unspecified atom stereocenters. The molecule has 0 fully saturated rings. The molecule has 4 aromatic carbocycles. The molecule has 0 saturated heterocycles. The van der Waals surface area contributed by atoms with Crippen LogP contribution in [0.3, 0.4) is 0 Å². The number of nitrogens with zero attached hydrogens (tertiary/aromatic N) is 4. The summed E-state index contributed by atoms with van der Waals surface area (Å²) >= 11 is 0. The van der Waals surface area contributed by atoms with Gasteiger partial charge in [-0.25, -0.2) is 9.78 Å². The van der Waals surface area contributed by atoms with Crippen LogP contribution in [-0.2, 0) is 18.5 Å². The third kappa shape index (κ3) is 3.84. The molecule has 0 aliphatic carbocycles. The summed E-state index contributed by atoms with van der Waals surface area (Å²) in [5, 5.41) is 1.15. The summed E-state index contributed by atoms with van der Waals surface area (Å²) in [5.74, 6) is 0. The van der Waals surface area contributed by atoms with Crippen LogP contribution in [0, 0.1) is 13.8 Å². The minimum Gasteiger partial charge on any atom is -0.318 e. The van der Waals surface area contributed by atoms with Gasteiger partial charge in [-0.1, -0.05) is 109 Å². The van der Waals surface area contributed by atoms with Crippen LogP contribution in [0.2, 0.25) is 0 Å². The first kappa shape index (κ1) is 25.1. The smallest absolute Gasteiger partial charge is 0.318 e. The molecule has 0 N–H and O–H groups in total. The maximum atomic E-state index is 13.9. The monoisotopic (exact) mass is 536 g/mol. The van der Waals surface area contributed by atoms with Gasteiger partial charge in [0.1, 0.15) is 5.54 Å². The summed E-state index contributed by atoms with van der Waals surface area (Å²) in [6.45, 7) is 5.38. The van der Waals surface area contributed by atoms with Crippen molar-refractivity contribution in [3.05, 3.63) is 161 Å². The van der Waals surface area contributed by atoms with Crippen molar-refractivity contribution < 1.29 is 4.79 Å². The van der Waals surface area contributed by atoms with Gasteiger partial charge in [-0.3, -0.25) is 4.57 Å². The fraction of sp³-hybridized carbons (Fsp3) is 0.167. The Bertz CT molecular complexity index is 1760. The summed E-state index contributed by atoms with van der Waals surface area (Å²) in [5.41, 5.74) is 8.06. The van der Waals surface area contributed by atoms with E-state index in [1.54, 1.807) is 0 Å². The fourth-order valence-corrected chi connectivity index (χ4v) is 6.67. The lowest BCUT2D eigenvalue weighted by atomic mass is 9.76. The van der Waals surface area contributed by atoms with Gasteiger partial charge in [0, 0.05) is 29.7 Å². The number of rotatable bonds is 6. The summed E-state index contributed by atoms with van der Waals surface area (Å²) in [4.78, 5) is 20.8. The third-order valence-corrected chi connectivity index (χ3v) is 8.72. The van der Waals surface area contributed by atoms with E-state index in [1.165, 1.54) is 5.56 Å². The highest BCUT2D eigenvalue weighted by Gasteiger charge is 2.40. The lowest BCUT2D eigenvalue weighted by Gasteiger charge is -2.38. The van der Waals surface area contributed by atoms with Crippen LogP contribution in [0.1, 0.15) is 39.3 Å². The van der Waals surface area contributed by atoms with Gasteiger partial charge in [-0.15, -0.1) is 0 Å². The maximum Gasteiger partial charge on any atom is 0.329 e. The first-order valence-corrected chi connectivity index (χ1v) is 14.2. The van der Waals surface area contributed by atoms with Gasteiger partial charge in [0.25, 0.3) is 0 Å². The first-order chi connectivity index (χ1) is 20.1. The van der Waals surface area contributed by atoms with Gasteiger partial charge in [-0.05, 0) is 42.2 Å². The molecule has 6 aromatic rings. The molecule has 202 valence electrons. The van der Waals surface area contributed by atoms with Crippen molar-refractivity contribution in [2.75, 3.05) is 6.54 Å². The summed E-state index contributed by atoms with van der Waals surface area (Å²) in [6.07, 6.45) is 2.78. The maximum absolute atomic E-state index is 13.9. The van der Waals surface area contributed by atoms with Crippen molar-refractivity contribution in [3.63, 3.8) is 0 Å². The Morgan fingerprint density at radius 2 is 1.27 bits per heavy atom. The number of para-hydroxylation sites is 1. The molecule has 7 rings (SSSR count). The second-order valence-electron chi connectivity index (χ2n) is 10.8. The second-order valence-corrected chi connectivity index (χ2v) is 10.8. The zero-order valence-corrected chi connectivity index (χ0v) is 23.4. The lowest BCUT2D eigenvalue weighted by molar-refractivity contribution is 0.190. The minimum atomic E-state index is -0.633. The van der Waals surface area contributed by atoms with E-state index in [9.17, 15) is 4.79 Å². The number of amides is 1. The van der Waals surface area contributed by atoms with E-state index < -0.39 is 5.54 Å². The van der Waals surface area contributed by atoms with E-state index in [2.05, 4.69) is 115 Å². The number of fused-ring (bicyclic) bond motifs is 3. The van der Waals surface area contributed by atoms with Crippen LogP contribution in [-0.4, -0.2) is 31.6 Å². The molecule has 0 radical (unpaired) electrons. The third-order valence-electron chi connectivity index (χ3n) is 8.72. The molecule has 0 atom stereocenters. The molecule has 1 aliphatic rings. The van der Waals surface area contributed by atoms with Crippen LogP contribution < -0.4 is 0 Å². The lowest BCUT2D eigenvalue weighted by Crippen LogP contribution is -2.41. The Labute approximate surface area is 240 Å². The van der Waals surface area contributed by atoms with Crippen LogP contribution in [0.4, 0.5) is 4.79 Å². The van der Waals surface area contributed by atoms with Gasteiger partial charge in [0.15, 0.2) is 0 Å². The SMILES string of the molecule is Cc1c2n(c3ccccc13)C(=O)N(Cc1ncn(C(c3ccccc3)(c3ccccc3)c3ccccc3)c1C)CC2. The highest BCUT2D eigenvalue weighted by Crippen LogP contribution is 2.42.